The molecule has 0 aromatic carbocycles. The molecule has 2 fully saturated rings. The first-order valence-corrected chi connectivity index (χ1v) is 8.56. The molecule has 2 heterocycles. The van der Waals surface area contributed by atoms with Crippen LogP contribution in [0.5, 0.6) is 0 Å². The van der Waals surface area contributed by atoms with Crippen LogP contribution in [0, 0.1) is 0 Å². The molecule has 0 spiro atoms. The predicted octanol–water partition coefficient (Wildman–Crippen LogP) is 1.28. The first-order valence-electron chi connectivity index (χ1n) is 7.41. The van der Waals surface area contributed by atoms with Gasteiger partial charge in [0.15, 0.2) is 0 Å². The van der Waals surface area contributed by atoms with Crippen LogP contribution in [-0.4, -0.2) is 70.0 Å². The number of hydrogen-bond acceptors (Lipinski definition) is 4. The normalized spacial score (nSPS) is 28.4. The van der Waals surface area contributed by atoms with Crippen LogP contribution in [0.25, 0.3) is 0 Å². The third-order valence-corrected chi connectivity index (χ3v) is 5.31. The van der Waals surface area contributed by atoms with E-state index in [1.54, 1.807) is 11.8 Å². The number of rotatable bonds is 4. The van der Waals surface area contributed by atoms with Crippen LogP contribution in [0.2, 0.25) is 0 Å². The van der Waals surface area contributed by atoms with Crippen molar-refractivity contribution in [1.82, 2.24) is 9.80 Å². The van der Waals surface area contributed by atoms with Crippen molar-refractivity contribution in [2.75, 3.05) is 31.1 Å². The second-order valence-corrected chi connectivity index (χ2v) is 6.88. The smallest absolute Gasteiger partial charge is 0.304 e. The summed E-state index contributed by atoms with van der Waals surface area (Å²) in [7, 11) is 0. The Labute approximate surface area is 124 Å². The molecule has 6 heteroatoms. The molecule has 2 atom stereocenters. The summed E-state index contributed by atoms with van der Waals surface area (Å²) in [6.07, 6.45) is 3.51. The van der Waals surface area contributed by atoms with Crippen molar-refractivity contribution in [1.29, 1.82) is 0 Å². The van der Waals surface area contributed by atoms with Crippen LogP contribution in [0.1, 0.15) is 32.6 Å². The van der Waals surface area contributed by atoms with Gasteiger partial charge in [-0.1, -0.05) is 0 Å². The van der Waals surface area contributed by atoms with E-state index in [-0.39, 0.29) is 18.4 Å². The largest absolute Gasteiger partial charge is 0.481 e. The van der Waals surface area contributed by atoms with Crippen LogP contribution < -0.4 is 0 Å². The maximum absolute atomic E-state index is 12.4. The minimum Gasteiger partial charge on any atom is -0.481 e. The number of carbonyl (C=O) groups excluding carboxylic acids is 1. The molecule has 20 heavy (non-hydrogen) atoms. The van der Waals surface area contributed by atoms with Crippen molar-refractivity contribution in [2.24, 2.45) is 0 Å². The molecule has 0 aromatic rings. The Hall–Kier alpha value is -0.750. The van der Waals surface area contributed by atoms with Gasteiger partial charge in [-0.25, -0.2) is 0 Å². The fourth-order valence-electron chi connectivity index (χ4n) is 3.02. The average molecular weight is 300 g/mol. The monoisotopic (exact) mass is 300 g/mol. The van der Waals surface area contributed by atoms with Crippen molar-refractivity contribution >= 4 is 23.6 Å². The van der Waals surface area contributed by atoms with Crippen LogP contribution >= 0.6 is 11.8 Å². The predicted molar refractivity (Wildman–Crippen MR) is 80.0 cm³/mol. The van der Waals surface area contributed by atoms with Gasteiger partial charge in [-0.2, -0.15) is 11.8 Å². The van der Waals surface area contributed by atoms with Crippen molar-refractivity contribution in [3.05, 3.63) is 0 Å². The molecule has 5 nitrogen and oxygen atoms in total. The van der Waals surface area contributed by atoms with Gasteiger partial charge in [-0.15, -0.1) is 0 Å². The third-order valence-electron chi connectivity index (χ3n) is 4.22. The molecule has 0 aromatic heterocycles. The highest BCUT2D eigenvalue weighted by Gasteiger charge is 2.30. The molecule has 2 aliphatic rings. The first-order chi connectivity index (χ1) is 9.58. The number of thioether (sulfide) groups is 1. The lowest BCUT2D eigenvalue weighted by Gasteiger charge is -2.38. The Morgan fingerprint density at radius 3 is 2.80 bits per heavy atom. The lowest BCUT2D eigenvalue weighted by atomic mass is 10.0. The molecule has 2 saturated heterocycles. The zero-order valence-corrected chi connectivity index (χ0v) is 12.9. The van der Waals surface area contributed by atoms with Gasteiger partial charge >= 0.3 is 5.97 Å². The number of nitrogens with zero attached hydrogens (tertiary/aromatic N) is 2. The molecule has 2 rings (SSSR count). The number of likely N-dealkylation sites (tertiary alicyclic amines) is 1. The maximum atomic E-state index is 12.4. The maximum Gasteiger partial charge on any atom is 0.304 e. The van der Waals surface area contributed by atoms with E-state index in [0.29, 0.717) is 12.6 Å². The molecular weight excluding hydrogens is 276 g/mol. The molecule has 2 unspecified atom stereocenters. The highest BCUT2D eigenvalue weighted by molar-refractivity contribution is 7.99. The molecule has 0 aliphatic carbocycles. The van der Waals surface area contributed by atoms with E-state index in [0.717, 1.165) is 37.4 Å². The van der Waals surface area contributed by atoms with Gasteiger partial charge in [-0.05, 0) is 26.2 Å². The minimum atomic E-state index is -0.777. The lowest BCUT2D eigenvalue weighted by Crippen LogP contribution is -2.51. The Balaban J connectivity index is 1.92. The summed E-state index contributed by atoms with van der Waals surface area (Å²) in [5.41, 5.74) is 0. The first kappa shape index (κ1) is 15.6. The standard InChI is InChI=1S/C14H24N2O3S/c1-11-4-2-3-5-16(11)13(17)9-15-6-7-20-10-12(15)8-14(18)19/h11-12H,2-10H2,1H3,(H,18,19). The van der Waals surface area contributed by atoms with Crippen LogP contribution in [-0.2, 0) is 9.59 Å². The Kier molecular flexibility index (Phi) is 5.72. The summed E-state index contributed by atoms with van der Waals surface area (Å²) in [4.78, 5) is 27.4. The minimum absolute atomic E-state index is 0.00435. The molecule has 1 N–H and O–H groups in total. The zero-order chi connectivity index (χ0) is 14.5. The van der Waals surface area contributed by atoms with Crippen molar-refractivity contribution in [3.8, 4) is 0 Å². The summed E-state index contributed by atoms with van der Waals surface area (Å²) in [5, 5.41) is 8.98. The number of carboxylic acid groups (broad SMARTS) is 1. The van der Waals surface area contributed by atoms with Crippen LogP contribution in [0.15, 0.2) is 0 Å². The van der Waals surface area contributed by atoms with E-state index >= 15 is 0 Å². The van der Waals surface area contributed by atoms with Crippen molar-refractivity contribution in [3.63, 3.8) is 0 Å². The number of aliphatic carboxylic acids is 1. The van der Waals surface area contributed by atoms with Crippen molar-refractivity contribution < 1.29 is 14.7 Å². The van der Waals surface area contributed by atoms with Crippen LogP contribution in [0.3, 0.4) is 0 Å². The Morgan fingerprint density at radius 2 is 2.10 bits per heavy atom. The van der Waals surface area contributed by atoms with Crippen molar-refractivity contribution in [2.45, 2.75) is 44.7 Å². The number of piperidine rings is 1. The van der Waals surface area contributed by atoms with Gasteiger partial charge in [0, 0.05) is 36.7 Å². The second kappa shape index (κ2) is 7.31. The quantitative estimate of drug-likeness (QED) is 0.847. The van der Waals surface area contributed by atoms with E-state index < -0.39 is 5.97 Å². The number of carbonyl (C=O) groups is 2. The summed E-state index contributed by atoms with van der Waals surface area (Å²) < 4.78 is 0. The fraction of sp³-hybridized carbons (Fsp3) is 0.857. The lowest BCUT2D eigenvalue weighted by molar-refractivity contribution is -0.140. The second-order valence-electron chi connectivity index (χ2n) is 5.73. The fourth-order valence-corrected chi connectivity index (χ4v) is 4.15. The summed E-state index contributed by atoms with van der Waals surface area (Å²) in [6.45, 7) is 4.16. The SMILES string of the molecule is CC1CCCCN1C(=O)CN1CCSCC1CC(=O)O. The highest BCUT2D eigenvalue weighted by Crippen LogP contribution is 2.21. The topological polar surface area (TPSA) is 60.9 Å². The average Bonchev–Trinajstić information content (AvgIpc) is 2.41. The van der Waals surface area contributed by atoms with E-state index in [9.17, 15) is 9.59 Å². The number of hydrogen-bond donors (Lipinski definition) is 1. The van der Waals surface area contributed by atoms with E-state index in [1.807, 2.05) is 4.90 Å². The summed E-state index contributed by atoms with van der Waals surface area (Å²) >= 11 is 1.78. The highest BCUT2D eigenvalue weighted by atomic mass is 32.2. The Bertz CT molecular complexity index is 364. The number of amides is 1. The zero-order valence-electron chi connectivity index (χ0n) is 12.1. The van der Waals surface area contributed by atoms with Crippen LogP contribution in [0.4, 0.5) is 0 Å². The van der Waals surface area contributed by atoms with Gasteiger partial charge < -0.3 is 10.0 Å². The van der Waals surface area contributed by atoms with E-state index in [2.05, 4.69) is 11.8 Å². The van der Waals surface area contributed by atoms with Gasteiger partial charge in [0.25, 0.3) is 0 Å². The van der Waals surface area contributed by atoms with Gasteiger partial charge in [0.2, 0.25) is 5.91 Å². The Morgan fingerprint density at radius 1 is 1.30 bits per heavy atom. The third kappa shape index (κ3) is 4.12. The molecule has 0 saturated carbocycles. The molecule has 1 amide bonds. The molecule has 114 valence electrons. The molecule has 2 aliphatic heterocycles. The summed E-state index contributed by atoms with van der Waals surface area (Å²) in [5.74, 6) is 1.19. The van der Waals surface area contributed by atoms with Gasteiger partial charge in [-0.3, -0.25) is 14.5 Å². The van der Waals surface area contributed by atoms with Gasteiger partial charge in [0.1, 0.15) is 0 Å². The van der Waals surface area contributed by atoms with E-state index in [1.165, 1.54) is 6.42 Å². The summed E-state index contributed by atoms with van der Waals surface area (Å²) in [6, 6.07) is 0.323. The van der Waals surface area contributed by atoms with Gasteiger partial charge in [0.05, 0.1) is 13.0 Å². The molecule has 0 radical (unpaired) electrons. The molecule has 0 bridgehead atoms. The number of carboxylic acids is 1. The van der Waals surface area contributed by atoms with E-state index in [4.69, 9.17) is 5.11 Å². The molecular formula is C14H24N2O3S.